The van der Waals surface area contributed by atoms with Crippen molar-refractivity contribution in [1.29, 1.82) is 0 Å². The summed E-state index contributed by atoms with van der Waals surface area (Å²) in [6.45, 7) is 7.38. The molecule has 0 fully saturated rings. The van der Waals surface area contributed by atoms with Gasteiger partial charge in [-0.05, 0) is 31.0 Å². The summed E-state index contributed by atoms with van der Waals surface area (Å²) in [5, 5.41) is 0. The lowest BCUT2D eigenvalue weighted by atomic mass is 10.1. The molecule has 0 spiro atoms. The van der Waals surface area contributed by atoms with Gasteiger partial charge in [0.2, 0.25) is 0 Å². The molecule has 0 saturated carbocycles. The third-order valence-corrected chi connectivity index (χ3v) is 2.70. The van der Waals surface area contributed by atoms with E-state index in [2.05, 4.69) is 13.8 Å². The lowest BCUT2D eigenvalue weighted by molar-refractivity contribution is 0.0778. The summed E-state index contributed by atoms with van der Waals surface area (Å²) < 4.78 is 10.7. The van der Waals surface area contributed by atoms with E-state index >= 15 is 0 Å². The summed E-state index contributed by atoms with van der Waals surface area (Å²) in [5.41, 5.74) is 0.614. The number of nitrogens with zero attached hydrogens (tertiary/aromatic N) is 1. The van der Waals surface area contributed by atoms with Crippen LogP contribution in [0.2, 0.25) is 0 Å². The lowest BCUT2D eigenvalue weighted by Crippen LogP contribution is -2.30. The van der Waals surface area contributed by atoms with Crippen molar-refractivity contribution in [3.05, 3.63) is 23.8 Å². The molecule has 0 aliphatic heterocycles. The van der Waals surface area contributed by atoms with Crippen LogP contribution in [0.15, 0.2) is 18.2 Å². The first-order valence-corrected chi connectivity index (χ1v) is 6.55. The highest BCUT2D eigenvalue weighted by molar-refractivity contribution is 5.94. The molecule has 0 radical (unpaired) electrons. The second kappa shape index (κ2) is 7.02. The molecule has 1 aromatic rings. The van der Waals surface area contributed by atoms with E-state index in [-0.39, 0.29) is 5.91 Å². The number of rotatable bonds is 6. The standard InChI is InChI=1S/C15H23NO3/c1-6-19-13-8-7-12(9-14(13)18-5)15(17)16(4)10-11(2)3/h7-9,11H,6,10H2,1-5H3. The van der Waals surface area contributed by atoms with Crippen LogP contribution in [0.5, 0.6) is 11.5 Å². The van der Waals surface area contributed by atoms with Crippen molar-refractivity contribution >= 4 is 5.91 Å². The number of benzene rings is 1. The predicted octanol–water partition coefficient (Wildman–Crippen LogP) is 2.82. The summed E-state index contributed by atoms with van der Waals surface area (Å²) in [7, 11) is 3.38. The zero-order chi connectivity index (χ0) is 14.4. The quantitative estimate of drug-likeness (QED) is 0.794. The van der Waals surface area contributed by atoms with Crippen molar-refractivity contribution < 1.29 is 14.3 Å². The van der Waals surface area contributed by atoms with Crippen molar-refractivity contribution in [3.8, 4) is 11.5 Å². The topological polar surface area (TPSA) is 38.8 Å². The molecule has 0 saturated heterocycles. The average molecular weight is 265 g/mol. The van der Waals surface area contributed by atoms with E-state index < -0.39 is 0 Å². The van der Waals surface area contributed by atoms with Crippen LogP contribution in [0.25, 0.3) is 0 Å². The average Bonchev–Trinajstić information content (AvgIpc) is 2.37. The third kappa shape index (κ3) is 4.16. The molecule has 0 heterocycles. The molecule has 4 heteroatoms. The molecular formula is C15H23NO3. The molecule has 0 aromatic heterocycles. The highest BCUT2D eigenvalue weighted by Gasteiger charge is 2.15. The Morgan fingerprint density at radius 2 is 2.00 bits per heavy atom. The molecular weight excluding hydrogens is 242 g/mol. The summed E-state index contributed by atoms with van der Waals surface area (Å²) in [6, 6.07) is 5.27. The van der Waals surface area contributed by atoms with Gasteiger partial charge in [-0.15, -0.1) is 0 Å². The summed E-state index contributed by atoms with van der Waals surface area (Å²) in [5.74, 6) is 1.69. The number of methoxy groups -OCH3 is 1. The monoisotopic (exact) mass is 265 g/mol. The van der Waals surface area contributed by atoms with Gasteiger partial charge in [0, 0.05) is 19.2 Å². The van der Waals surface area contributed by atoms with E-state index in [0.717, 1.165) is 6.54 Å². The van der Waals surface area contributed by atoms with E-state index in [0.29, 0.717) is 29.6 Å². The van der Waals surface area contributed by atoms with Gasteiger partial charge in [0.25, 0.3) is 5.91 Å². The summed E-state index contributed by atoms with van der Waals surface area (Å²) >= 11 is 0. The van der Waals surface area contributed by atoms with Crippen LogP contribution in [0.1, 0.15) is 31.1 Å². The Labute approximate surface area is 115 Å². The van der Waals surface area contributed by atoms with E-state index in [4.69, 9.17) is 9.47 Å². The molecule has 0 aliphatic carbocycles. The molecule has 0 unspecified atom stereocenters. The van der Waals surface area contributed by atoms with Crippen molar-refractivity contribution in [3.63, 3.8) is 0 Å². The minimum Gasteiger partial charge on any atom is -0.493 e. The van der Waals surface area contributed by atoms with Crippen LogP contribution in [0, 0.1) is 5.92 Å². The number of ether oxygens (including phenoxy) is 2. The maximum Gasteiger partial charge on any atom is 0.253 e. The van der Waals surface area contributed by atoms with Gasteiger partial charge < -0.3 is 14.4 Å². The minimum absolute atomic E-state index is 0.00458. The normalized spacial score (nSPS) is 10.4. The molecule has 106 valence electrons. The fourth-order valence-corrected chi connectivity index (χ4v) is 1.93. The van der Waals surface area contributed by atoms with Crippen molar-refractivity contribution in [1.82, 2.24) is 4.90 Å². The number of amides is 1. The molecule has 19 heavy (non-hydrogen) atoms. The predicted molar refractivity (Wildman–Crippen MR) is 76.0 cm³/mol. The van der Waals surface area contributed by atoms with Gasteiger partial charge in [0.1, 0.15) is 0 Å². The second-order valence-electron chi connectivity index (χ2n) is 4.88. The fraction of sp³-hybridized carbons (Fsp3) is 0.533. The van der Waals surface area contributed by atoms with Gasteiger partial charge in [0.15, 0.2) is 11.5 Å². The van der Waals surface area contributed by atoms with Crippen molar-refractivity contribution in [2.75, 3.05) is 27.3 Å². The largest absolute Gasteiger partial charge is 0.493 e. The Balaban J connectivity index is 2.92. The zero-order valence-corrected chi connectivity index (χ0v) is 12.4. The number of hydrogen-bond acceptors (Lipinski definition) is 3. The Bertz CT molecular complexity index is 429. The molecule has 0 aliphatic rings. The van der Waals surface area contributed by atoms with Crippen LogP contribution in [-0.4, -0.2) is 38.1 Å². The molecule has 1 amide bonds. The van der Waals surface area contributed by atoms with Crippen LogP contribution in [-0.2, 0) is 0 Å². The van der Waals surface area contributed by atoms with Gasteiger partial charge in [-0.1, -0.05) is 13.8 Å². The van der Waals surface area contributed by atoms with Crippen LogP contribution >= 0.6 is 0 Å². The highest BCUT2D eigenvalue weighted by atomic mass is 16.5. The van der Waals surface area contributed by atoms with Crippen LogP contribution < -0.4 is 9.47 Å². The van der Waals surface area contributed by atoms with Crippen molar-refractivity contribution in [2.24, 2.45) is 5.92 Å². The second-order valence-corrected chi connectivity index (χ2v) is 4.88. The van der Waals surface area contributed by atoms with Gasteiger partial charge in [-0.25, -0.2) is 0 Å². The first kappa shape index (κ1) is 15.3. The van der Waals surface area contributed by atoms with Gasteiger partial charge in [0.05, 0.1) is 13.7 Å². The zero-order valence-electron chi connectivity index (χ0n) is 12.4. The smallest absolute Gasteiger partial charge is 0.253 e. The molecule has 0 N–H and O–H groups in total. The fourth-order valence-electron chi connectivity index (χ4n) is 1.93. The van der Waals surface area contributed by atoms with E-state index in [9.17, 15) is 4.79 Å². The molecule has 0 bridgehead atoms. The highest BCUT2D eigenvalue weighted by Crippen LogP contribution is 2.28. The Kier molecular flexibility index (Phi) is 5.67. The van der Waals surface area contributed by atoms with E-state index in [1.54, 1.807) is 30.2 Å². The van der Waals surface area contributed by atoms with E-state index in [1.165, 1.54) is 0 Å². The first-order chi connectivity index (χ1) is 8.99. The third-order valence-electron chi connectivity index (χ3n) is 2.70. The maximum absolute atomic E-state index is 12.2. The van der Waals surface area contributed by atoms with Gasteiger partial charge in [-0.3, -0.25) is 4.79 Å². The molecule has 1 aromatic carbocycles. The van der Waals surface area contributed by atoms with E-state index in [1.807, 2.05) is 14.0 Å². The minimum atomic E-state index is -0.00458. The molecule has 1 rings (SSSR count). The lowest BCUT2D eigenvalue weighted by Gasteiger charge is -2.20. The van der Waals surface area contributed by atoms with Gasteiger partial charge in [-0.2, -0.15) is 0 Å². The Morgan fingerprint density at radius 3 is 2.53 bits per heavy atom. The SMILES string of the molecule is CCOc1ccc(C(=O)N(C)CC(C)C)cc1OC. The van der Waals surface area contributed by atoms with Crippen LogP contribution in [0.3, 0.4) is 0 Å². The Morgan fingerprint density at radius 1 is 1.32 bits per heavy atom. The van der Waals surface area contributed by atoms with Gasteiger partial charge >= 0.3 is 0 Å². The maximum atomic E-state index is 12.2. The first-order valence-electron chi connectivity index (χ1n) is 6.55. The molecule has 0 atom stereocenters. The van der Waals surface area contributed by atoms with Crippen LogP contribution in [0.4, 0.5) is 0 Å². The number of hydrogen-bond donors (Lipinski definition) is 0. The van der Waals surface area contributed by atoms with Crippen molar-refractivity contribution in [2.45, 2.75) is 20.8 Å². The Hall–Kier alpha value is -1.71. The molecule has 4 nitrogen and oxygen atoms in total. The number of carbonyl (C=O) groups excluding carboxylic acids is 1. The summed E-state index contributed by atoms with van der Waals surface area (Å²) in [4.78, 5) is 14.0. The number of carbonyl (C=O) groups is 1. The summed E-state index contributed by atoms with van der Waals surface area (Å²) in [6.07, 6.45) is 0.